The van der Waals surface area contributed by atoms with Crippen LogP contribution in [0, 0.1) is 7.14 Å². The van der Waals surface area contributed by atoms with E-state index in [2.05, 4.69) is 77.7 Å². The Hall–Kier alpha value is -3.03. The SMILES string of the molecule is C=CCOc1c(I)cc(/C=c2\sc3n(c2=O)[C@@H](c2ccc(C(C)C)cc2)C(C(=O)OCC)=C(c2ccccc2)N=3)cc1I. The zero-order valence-corrected chi connectivity index (χ0v) is 29.1. The molecule has 220 valence electrons. The number of fused-ring (bicyclic) bond motifs is 1. The summed E-state index contributed by atoms with van der Waals surface area (Å²) >= 11 is 5.80. The Bertz CT molecular complexity index is 1870. The van der Waals surface area contributed by atoms with Crippen LogP contribution in [-0.2, 0) is 9.53 Å². The van der Waals surface area contributed by atoms with Crippen LogP contribution in [-0.4, -0.2) is 23.8 Å². The van der Waals surface area contributed by atoms with Gasteiger partial charge in [-0.15, -0.1) is 0 Å². The minimum absolute atomic E-state index is 0.206. The van der Waals surface area contributed by atoms with Gasteiger partial charge in [-0.25, -0.2) is 9.79 Å². The van der Waals surface area contributed by atoms with E-state index in [1.54, 1.807) is 17.6 Å². The molecule has 2 heterocycles. The van der Waals surface area contributed by atoms with Crippen molar-refractivity contribution in [2.45, 2.75) is 32.7 Å². The van der Waals surface area contributed by atoms with Crippen LogP contribution in [0.25, 0.3) is 11.8 Å². The monoisotopic (exact) mass is 816 g/mol. The number of halogens is 2. The minimum atomic E-state index is -0.705. The number of carbonyl (C=O) groups is 1. The van der Waals surface area contributed by atoms with E-state index in [0.29, 0.717) is 33.1 Å². The Morgan fingerprint density at radius 3 is 2.37 bits per heavy atom. The summed E-state index contributed by atoms with van der Waals surface area (Å²) in [5.41, 5.74) is 4.28. The summed E-state index contributed by atoms with van der Waals surface area (Å²) in [5.74, 6) is 0.641. The third kappa shape index (κ3) is 6.58. The topological polar surface area (TPSA) is 69.9 Å². The molecular formula is C34H30I2N2O4S. The molecule has 1 aliphatic rings. The molecule has 0 fully saturated rings. The fourth-order valence-corrected chi connectivity index (χ4v) is 8.04. The van der Waals surface area contributed by atoms with Crippen molar-refractivity contribution in [3.8, 4) is 5.75 Å². The van der Waals surface area contributed by atoms with Crippen molar-refractivity contribution >= 4 is 74.3 Å². The van der Waals surface area contributed by atoms with Gasteiger partial charge in [-0.05, 0) is 92.9 Å². The van der Waals surface area contributed by atoms with Gasteiger partial charge in [0.15, 0.2) is 4.80 Å². The number of hydrogen-bond donors (Lipinski definition) is 0. The molecule has 0 saturated heterocycles. The molecule has 5 rings (SSSR count). The molecule has 4 aromatic rings. The summed E-state index contributed by atoms with van der Waals surface area (Å²) in [6.45, 7) is 10.4. The van der Waals surface area contributed by atoms with E-state index in [4.69, 9.17) is 14.5 Å². The predicted octanol–water partition coefficient (Wildman–Crippen LogP) is 6.83. The predicted molar refractivity (Wildman–Crippen MR) is 189 cm³/mol. The average Bonchev–Trinajstić information content (AvgIpc) is 3.30. The molecule has 1 aromatic heterocycles. The maximum absolute atomic E-state index is 14.2. The standard InChI is InChI=1S/C34H30I2N2O4S/c1-5-16-42-31-25(35)17-21(18-26(31)36)19-27-32(39)38-30(24-14-12-22(13-15-24)20(3)4)28(33(40)41-6-2)29(37-34(38)43-27)23-10-8-7-9-11-23/h5,7-15,17-20,30H,1,6,16H2,2-4H3/b27-19-/t30-/m0/s1. The second kappa shape index (κ2) is 13.7. The fourth-order valence-electron chi connectivity index (χ4n) is 4.91. The molecule has 6 nitrogen and oxygen atoms in total. The van der Waals surface area contributed by atoms with Gasteiger partial charge in [0.05, 0.1) is 35.6 Å². The lowest BCUT2D eigenvalue weighted by Gasteiger charge is -2.26. The van der Waals surface area contributed by atoms with Crippen LogP contribution >= 0.6 is 56.5 Å². The molecule has 3 aromatic carbocycles. The van der Waals surface area contributed by atoms with Gasteiger partial charge >= 0.3 is 5.97 Å². The Labute approximate surface area is 281 Å². The zero-order chi connectivity index (χ0) is 30.7. The van der Waals surface area contributed by atoms with Crippen LogP contribution < -0.4 is 19.6 Å². The highest BCUT2D eigenvalue weighted by Crippen LogP contribution is 2.36. The maximum Gasteiger partial charge on any atom is 0.338 e. The molecule has 1 atom stereocenters. The lowest BCUT2D eigenvalue weighted by molar-refractivity contribution is -0.138. The second-order valence-electron chi connectivity index (χ2n) is 10.2. The third-order valence-electron chi connectivity index (χ3n) is 6.96. The quantitative estimate of drug-likeness (QED) is 0.106. The molecule has 1 aliphatic heterocycles. The van der Waals surface area contributed by atoms with Crippen molar-refractivity contribution in [3.63, 3.8) is 0 Å². The van der Waals surface area contributed by atoms with Crippen LogP contribution in [0.2, 0.25) is 0 Å². The van der Waals surface area contributed by atoms with Gasteiger partial charge in [-0.1, -0.05) is 92.4 Å². The first-order valence-electron chi connectivity index (χ1n) is 13.8. The van der Waals surface area contributed by atoms with Crippen LogP contribution in [0.5, 0.6) is 5.75 Å². The Morgan fingerprint density at radius 1 is 1.09 bits per heavy atom. The summed E-state index contributed by atoms with van der Waals surface area (Å²) in [6, 6.07) is 21.0. The number of thiazole rings is 1. The van der Waals surface area contributed by atoms with E-state index >= 15 is 0 Å². The molecule has 0 unspecified atom stereocenters. The van der Waals surface area contributed by atoms with Crippen molar-refractivity contribution < 1.29 is 14.3 Å². The van der Waals surface area contributed by atoms with Gasteiger partial charge in [-0.2, -0.15) is 0 Å². The first kappa shape index (κ1) is 31.4. The van der Waals surface area contributed by atoms with E-state index in [-0.39, 0.29) is 12.2 Å². The highest BCUT2D eigenvalue weighted by molar-refractivity contribution is 14.1. The molecule has 0 bridgehead atoms. The average molecular weight is 816 g/mol. The number of benzene rings is 3. The Morgan fingerprint density at radius 2 is 1.77 bits per heavy atom. The fraction of sp³-hybridized carbons (Fsp3) is 0.206. The van der Waals surface area contributed by atoms with Gasteiger partial charge in [0.1, 0.15) is 12.4 Å². The molecular weight excluding hydrogens is 786 g/mol. The van der Waals surface area contributed by atoms with Crippen molar-refractivity contribution in [2.75, 3.05) is 13.2 Å². The molecule has 9 heteroatoms. The number of aromatic nitrogens is 1. The lowest BCUT2D eigenvalue weighted by Crippen LogP contribution is -2.40. The van der Waals surface area contributed by atoms with Gasteiger partial charge in [0.25, 0.3) is 5.56 Å². The number of rotatable bonds is 9. The first-order valence-corrected chi connectivity index (χ1v) is 16.8. The summed E-state index contributed by atoms with van der Waals surface area (Å²) in [6.07, 6.45) is 3.59. The largest absolute Gasteiger partial charge is 0.487 e. The molecule has 0 spiro atoms. The van der Waals surface area contributed by atoms with Crippen molar-refractivity contribution in [2.24, 2.45) is 4.99 Å². The third-order valence-corrected chi connectivity index (χ3v) is 9.54. The van der Waals surface area contributed by atoms with Gasteiger partial charge in [0.2, 0.25) is 0 Å². The van der Waals surface area contributed by atoms with E-state index in [9.17, 15) is 9.59 Å². The van der Waals surface area contributed by atoms with Crippen molar-refractivity contribution in [1.82, 2.24) is 4.57 Å². The summed E-state index contributed by atoms with van der Waals surface area (Å²) in [4.78, 5) is 33.3. The second-order valence-corrected chi connectivity index (χ2v) is 13.5. The number of esters is 1. The molecule has 43 heavy (non-hydrogen) atoms. The van der Waals surface area contributed by atoms with E-state index in [1.807, 2.05) is 60.7 Å². The maximum atomic E-state index is 14.2. The highest BCUT2D eigenvalue weighted by Gasteiger charge is 2.35. The number of carbonyl (C=O) groups excluding carboxylic acids is 1. The van der Waals surface area contributed by atoms with Crippen LogP contribution in [0.15, 0.2) is 94.7 Å². The number of nitrogens with zero attached hydrogens (tertiary/aromatic N) is 2. The lowest BCUT2D eigenvalue weighted by atomic mass is 9.91. The molecule has 0 aliphatic carbocycles. The molecule has 0 radical (unpaired) electrons. The highest BCUT2D eigenvalue weighted by atomic mass is 127. The normalized spacial score (nSPS) is 14.8. The number of hydrogen-bond acceptors (Lipinski definition) is 6. The Kier molecular flexibility index (Phi) is 10.0. The van der Waals surface area contributed by atoms with E-state index in [1.165, 1.54) is 16.9 Å². The molecule has 0 N–H and O–H groups in total. The summed E-state index contributed by atoms with van der Waals surface area (Å²) < 4.78 is 15.4. The van der Waals surface area contributed by atoms with Gasteiger partial charge in [-0.3, -0.25) is 9.36 Å². The summed E-state index contributed by atoms with van der Waals surface area (Å²) in [7, 11) is 0. The summed E-state index contributed by atoms with van der Waals surface area (Å²) in [5, 5.41) is 0. The first-order chi connectivity index (χ1) is 20.7. The Balaban J connectivity index is 1.76. The molecule has 0 saturated carbocycles. The number of ether oxygens (including phenoxy) is 2. The minimum Gasteiger partial charge on any atom is -0.487 e. The van der Waals surface area contributed by atoms with Crippen molar-refractivity contribution in [1.29, 1.82) is 0 Å². The zero-order valence-electron chi connectivity index (χ0n) is 24.0. The molecule has 0 amide bonds. The smallest absolute Gasteiger partial charge is 0.338 e. The van der Waals surface area contributed by atoms with Gasteiger partial charge < -0.3 is 9.47 Å². The van der Waals surface area contributed by atoms with E-state index < -0.39 is 12.0 Å². The van der Waals surface area contributed by atoms with Crippen LogP contribution in [0.3, 0.4) is 0 Å². The van der Waals surface area contributed by atoms with Gasteiger partial charge in [0, 0.05) is 5.56 Å². The van der Waals surface area contributed by atoms with Crippen LogP contribution in [0.1, 0.15) is 55.0 Å². The van der Waals surface area contributed by atoms with Crippen LogP contribution in [0.4, 0.5) is 0 Å². The van der Waals surface area contributed by atoms with E-state index in [0.717, 1.165) is 29.6 Å². The van der Waals surface area contributed by atoms with Crippen molar-refractivity contribution in [3.05, 3.63) is 134 Å².